The van der Waals surface area contributed by atoms with Crippen molar-refractivity contribution in [2.75, 3.05) is 0 Å². The second kappa shape index (κ2) is 9.39. The van der Waals surface area contributed by atoms with Crippen LogP contribution in [0.4, 0.5) is 0 Å². The van der Waals surface area contributed by atoms with Gasteiger partial charge in [0.2, 0.25) is 0 Å². The van der Waals surface area contributed by atoms with Crippen molar-refractivity contribution >= 4 is 40.5 Å². The topological polar surface area (TPSA) is 76.0 Å². The number of phenolic OH excluding ortho intramolecular Hbond substituents is 2. The summed E-state index contributed by atoms with van der Waals surface area (Å²) in [5.74, 6) is 1.20. The Morgan fingerprint density at radius 3 is 2.45 bits per heavy atom. The summed E-state index contributed by atoms with van der Waals surface area (Å²) in [5.41, 5.74) is 1.94. The maximum absolute atomic E-state index is 13.3. The van der Waals surface area contributed by atoms with Crippen LogP contribution in [0.5, 0.6) is 11.5 Å². The van der Waals surface area contributed by atoms with Gasteiger partial charge in [0.05, 0.1) is 12.2 Å². The highest BCUT2D eigenvalue weighted by Gasteiger charge is 2.44. The summed E-state index contributed by atoms with van der Waals surface area (Å²) in [6.07, 6.45) is 1.37. The monoisotopic (exact) mass is 516 g/mol. The summed E-state index contributed by atoms with van der Waals surface area (Å²) < 4.78 is 13.0. The second-order valence-corrected chi connectivity index (χ2v) is 12.0. The zero-order valence-electron chi connectivity index (χ0n) is 23.5. The number of carbonyl (C=O) groups is 1. The fraction of sp³-hybridized carbons (Fsp3) is 0.485. The van der Waals surface area contributed by atoms with E-state index in [0.29, 0.717) is 63.1 Å². The number of hydrogen-bond acceptors (Lipinski definition) is 5. The third-order valence-electron chi connectivity index (χ3n) is 9.51. The molecule has 5 nitrogen and oxygen atoms in total. The van der Waals surface area contributed by atoms with Crippen LogP contribution in [0.2, 0.25) is 0 Å². The van der Waals surface area contributed by atoms with E-state index in [4.69, 9.17) is 9.47 Å². The number of Topliss-reactive ketones (excluding diaryl/α,β-unsaturated/α-hetero) is 1. The van der Waals surface area contributed by atoms with Crippen molar-refractivity contribution in [2.24, 2.45) is 17.3 Å². The molecule has 5 rings (SSSR count). The van der Waals surface area contributed by atoms with Crippen molar-refractivity contribution in [1.82, 2.24) is 0 Å². The average molecular weight is 517 g/mol. The number of ether oxygens (including phenoxy) is 2. The fourth-order valence-corrected chi connectivity index (χ4v) is 6.88. The number of benzene rings is 3. The van der Waals surface area contributed by atoms with Crippen molar-refractivity contribution in [3.63, 3.8) is 0 Å². The first-order valence-corrected chi connectivity index (χ1v) is 13.8. The van der Waals surface area contributed by atoms with Gasteiger partial charge in [-0.2, -0.15) is 0 Å². The van der Waals surface area contributed by atoms with Crippen LogP contribution in [0, 0.1) is 24.2 Å². The molecule has 1 fully saturated rings. The summed E-state index contributed by atoms with van der Waals surface area (Å²) in [7, 11) is 0. The third kappa shape index (κ3) is 3.94. The van der Waals surface area contributed by atoms with Gasteiger partial charge in [-0.05, 0) is 65.7 Å². The lowest BCUT2D eigenvalue weighted by Gasteiger charge is -2.43. The van der Waals surface area contributed by atoms with Crippen LogP contribution in [0.25, 0.3) is 34.7 Å². The lowest BCUT2D eigenvalue weighted by molar-refractivity contribution is -0.240. The van der Waals surface area contributed by atoms with E-state index in [-0.39, 0.29) is 23.4 Å². The van der Waals surface area contributed by atoms with Crippen LogP contribution in [0.15, 0.2) is 18.2 Å². The minimum absolute atomic E-state index is 0.0602. The maximum Gasteiger partial charge on any atom is 0.159 e. The Bertz CT molecular complexity index is 1540. The molecule has 0 radical (unpaired) electrons. The first-order valence-electron chi connectivity index (χ1n) is 13.8. The highest BCUT2D eigenvalue weighted by atomic mass is 16.7. The standard InChI is InChI=1S/C33H40O5/c1-9-25(34)33(8)14-23-19(5)29-30(32(36)27-16(2)11-10-12-22(27)31(29)35)20(6)28(23)24(15-33)38-26-13-17(3)18(4)21(7)37-26/h10-12,17-18,21,24,26,35-36H,5-6,9,13-15H2,1-4,7-8H3. The zero-order chi connectivity index (χ0) is 27.7. The van der Waals surface area contributed by atoms with Gasteiger partial charge in [-0.3, -0.25) is 4.79 Å². The molecule has 1 aliphatic heterocycles. The van der Waals surface area contributed by atoms with Crippen molar-refractivity contribution in [3.8, 4) is 11.5 Å². The van der Waals surface area contributed by atoms with Gasteiger partial charge in [-0.15, -0.1) is 0 Å². The van der Waals surface area contributed by atoms with Gasteiger partial charge in [-0.25, -0.2) is 0 Å². The molecule has 6 unspecified atom stereocenters. The molecule has 1 aliphatic carbocycles. The molecule has 0 spiro atoms. The van der Waals surface area contributed by atoms with Crippen LogP contribution in [-0.2, 0) is 20.7 Å². The molecule has 38 heavy (non-hydrogen) atoms. The maximum atomic E-state index is 13.3. The largest absolute Gasteiger partial charge is 0.507 e. The van der Waals surface area contributed by atoms with E-state index in [9.17, 15) is 15.0 Å². The number of rotatable bonds is 4. The first kappa shape index (κ1) is 26.7. The Labute approximate surface area is 224 Å². The molecule has 0 saturated carbocycles. The van der Waals surface area contributed by atoms with Crippen LogP contribution in [0.1, 0.15) is 76.7 Å². The molecule has 1 saturated heterocycles. The molecular formula is C33H40O5. The Morgan fingerprint density at radius 1 is 1.11 bits per heavy atom. The molecule has 3 aromatic carbocycles. The van der Waals surface area contributed by atoms with Gasteiger partial charge in [0.25, 0.3) is 0 Å². The lowest BCUT2D eigenvalue weighted by atomic mass is 9.67. The SMILES string of the molecule is C=c1c2c(c(=C)c3c(O)c4c(C)cccc4c(O)c13)C(OC1CC(C)C(C)C(C)O1)CC(C)(C(=O)CC)C2. The number of aryl methyl sites for hydroxylation is 1. The first-order chi connectivity index (χ1) is 17.9. The van der Waals surface area contributed by atoms with E-state index in [1.165, 1.54) is 0 Å². The highest BCUT2D eigenvalue weighted by molar-refractivity contribution is 6.12. The number of carbonyl (C=O) groups excluding carboxylic acids is 1. The molecule has 2 aliphatic rings. The van der Waals surface area contributed by atoms with Gasteiger partial charge in [0, 0.05) is 39.8 Å². The quantitative estimate of drug-likeness (QED) is 0.332. The van der Waals surface area contributed by atoms with E-state index < -0.39 is 17.8 Å². The van der Waals surface area contributed by atoms with Crippen molar-refractivity contribution in [2.45, 2.75) is 85.7 Å². The molecule has 0 bridgehead atoms. The molecule has 5 heteroatoms. The molecule has 0 aromatic heterocycles. The molecular weight excluding hydrogens is 476 g/mol. The smallest absolute Gasteiger partial charge is 0.159 e. The predicted molar refractivity (Wildman–Crippen MR) is 153 cm³/mol. The van der Waals surface area contributed by atoms with Gasteiger partial charge in [0.15, 0.2) is 6.29 Å². The minimum Gasteiger partial charge on any atom is -0.507 e. The Kier molecular flexibility index (Phi) is 6.60. The molecule has 1 heterocycles. The minimum atomic E-state index is -0.650. The summed E-state index contributed by atoms with van der Waals surface area (Å²) in [6.45, 7) is 21.2. The van der Waals surface area contributed by atoms with Gasteiger partial charge >= 0.3 is 0 Å². The van der Waals surface area contributed by atoms with Gasteiger partial charge in [0.1, 0.15) is 17.3 Å². The Balaban J connectivity index is 1.78. The summed E-state index contributed by atoms with van der Waals surface area (Å²) in [4.78, 5) is 13.3. The number of aromatic hydroxyl groups is 2. The van der Waals surface area contributed by atoms with E-state index in [0.717, 1.165) is 23.1 Å². The Morgan fingerprint density at radius 2 is 1.79 bits per heavy atom. The van der Waals surface area contributed by atoms with E-state index in [2.05, 4.69) is 33.9 Å². The van der Waals surface area contributed by atoms with Crippen LogP contribution >= 0.6 is 0 Å². The summed E-state index contributed by atoms with van der Waals surface area (Å²) in [5, 5.41) is 26.4. The third-order valence-corrected chi connectivity index (χ3v) is 9.51. The van der Waals surface area contributed by atoms with Crippen LogP contribution in [-0.4, -0.2) is 28.4 Å². The summed E-state index contributed by atoms with van der Waals surface area (Å²) >= 11 is 0. The van der Waals surface area contributed by atoms with E-state index >= 15 is 0 Å². The molecule has 2 N–H and O–H groups in total. The van der Waals surface area contributed by atoms with Crippen molar-refractivity contribution < 1.29 is 24.5 Å². The molecule has 202 valence electrons. The lowest BCUT2D eigenvalue weighted by Crippen LogP contribution is -2.44. The molecule has 3 aromatic rings. The normalized spacial score (nSPS) is 29.5. The summed E-state index contributed by atoms with van der Waals surface area (Å²) in [6, 6.07) is 5.58. The van der Waals surface area contributed by atoms with Crippen LogP contribution < -0.4 is 10.4 Å². The predicted octanol–water partition coefficient (Wildman–Crippen LogP) is 5.93. The average Bonchev–Trinajstić information content (AvgIpc) is 2.86. The number of ketones is 1. The van der Waals surface area contributed by atoms with E-state index in [1.807, 2.05) is 32.9 Å². The van der Waals surface area contributed by atoms with E-state index in [1.54, 1.807) is 6.07 Å². The number of hydrogen-bond donors (Lipinski definition) is 2. The second-order valence-electron chi connectivity index (χ2n) is 12.0. The van der Waals surface area contributed by atoms with Gasteiger partial charge < -0.3 is 19.7 Å². The van der Waals surface area contributed by atoms with Crippen molar-refractivity contribution in [1.29, 1.82) is 0 Å². The van der Waals surface area contributed by atoms with Crippen LogP contribution in [0.3, 0.4) is 0 Å². The highest BCUT2D eigenvalue weighted by Crippen LogP contribution is 2.47. The zero-order valence-corrected chi connectivity index (χ0v) is 23.5. The Hall–Kier alpha value is -2.89. The number of fused-ring (bicyclic) bond motifs is 3. The fourth-order valence-electron chi connectivity index (χ4n) is 6.88. The number of phenols is 2. The van der Waals surface area contributed by atoms with Gasteiger partial charge in [-0.1, -0.05) is 59.1 Å². The molecule has 0 amide bonds. The van der Waals surface area contributed by atoms with Crippen molar-refractivity contribution in [3.05, 3.63) is 45.3 Å². The molecule has 6 atom stereocenters.